The van der Waals surface area contributed by atoms with Crippen molar-refractivity contribution < 1.29 is 14.5 Å². The van der Waals surface area contributed by atoms with Gasteiger partial charge in [-0.1, -0.05) is 30.3 Å². The van der Waals surface area contributed by atoms with Gasteiger partial charge in [-0.25, -0.2) is 0 Å². The summed E-state index contributed by atoms with van der Waals surface area (Å²) in [6.07, 6.45) is 0.207. The fourth-order valence-electron chi connectivity index (χ4n) is 2.90. The lowest BCUT2D eigenvalue weighted by Gasteiger charge is -2.20. The number of hydrogen-bond acceptors (Lipinski definition) is 5. The number of carbonyl (C=O) groups is 1. The number of ether oxygens (including phenoxy) is 1. The largest absolute Gasteiger partial charge is 0.497 e. The molecule has 0 spiro atoms. The van der Waals surface area contributed by atoms with Crippen LogP contribution in [0.1, 0.15) is 28.4 Å². The van der Waals surface area contributed by atoms with Gasteiger partial charge in [-0.05, 0) is 42.0 Å². The van der Waals surface area contributed by atoms with E-state index in [0.717, 1.165) is 17.0 Å². The second-order valence-electron chi connectivity index (χ2n) is 6.27. The topological polar surface area (TPSA) is 81.5 Å². The van der Waals surface area contributed by atoms with Crippen molar-refractivity contribution in [2.24, 2.45) is 0 Å². The van der Waals surface area contributed by atoms with Gasteiger partial charge in [0.15, 0.2) is 5.78 Å². The van der Waals surface area contributed by atoms with Crippen LogP contribution in [0.25, 0.3) is 0 Å². The van der Waals surface area contributed by atoms with Crippen molar-refractivity contribution in [3.8, 4) is 5.75 Å². The molecule has 0 aliphatic rings. The average Bonchev–Trinajstić information content (AvgIpc) is 2.74. The van der Waals surface area contributed by atoms with Crippen LogP contribution in [0.5, 0.6) is 5.75 Å². The first-order valence-corrected chi connectivity index (χ1v) is 8.80. The van der Waals surface area contributed by atoms with Crippen LogP contribution in [-0.4, -0.2) is 17.8 Å². The summed E-state index contributed by atoms with van der Waals surface area (Å²) in [4.78, 5) is 23.1. The maximum Gasteiger partial charge on any atom is 0.269 e. The van der Waals surface area contributed by atoms with Crippen molar-refractivity contribution in [1.82, 2.24) is 0 Å². The molecule has 0 aliphatic carbocycles. The molecule has 1 N–H and O–H groups in total. The highest BCUT2D eigenvalue weighted by atomic mass is 16.6. The van der Waals surface area contributed by atoms with E-state index in [1.54, 1.807) is 7.11 Å². The number of nitro groups is 1. The van der Waals surface area contributed by atoms with E-state index in [9.17, 15) is 14.9 Å². The number of Topliss-reactive ketones (excluding diaryl/α,β-unsaturated/α-hetero) is 1. The molecule has 6 heteroatoms. The molecule has 0 radical (unpaired) electrons. The van der Waals surface area contributed by atoms with Crippen LogP contribution in [-0.2, 0) is 0 Å². The molecule has 0 aromatic heterocycles. The van der Waals surface area contributed by atoms with Crippen LogP contribution in [0.4, 0.5) is 11.4 Å². The Balaban J connectivity index is 1.82. The molecule has 0 fully saturated rings. The molecule has 0 saturated carbocycles. The third-order valence-electron chi connectivity index (χ3n) is 4.42. The van der Waals surface area contributed by atoms with Crippen molar-refractivity contribution in [2.45, 2.75) is 12.5 Å². The first-order valence-electron chi connectivity index (χ1n) is 8.80. The van der Waals surface area contributed by atoms with Gasteiger partial charge < -0.3 is 10.1 Å². The van der Waals surface area contributed by atoms with Crippen molar-refractivity contribution in [3.05, 3.63) is 100 Å². The molecule has 0 amide bonds. The Labute approximate surface area is 162 Å². The number of para-hydroxylation sites is 1. The number of anilines is 1. The van der Waals surface area contributed by atoms with Gasteiger partial charge in [-0.3, -0.25) is 14.9 Å². The molecule has 142 valence electrons. The third-order valence-corrected chi connectivity index (χ3v) is 4.42. The smallest absolute Gasteiger partial charge is 0.269 e. The number of nitrogens with one attached hydrogen (secondary N) is 1. The first kappa shape index (κ1) is 19.1. The Bertz CT molecular complexity index is 939. The molecule has 0 saturated heterocycles. The summed E-state index contributed by atoms with van der Waals surface area (Å²) in [5.74, 6) is 0.642. The molecule has 3 aromatic carbocycles. The van der Waals surface area contributed by atoms with Gasteiger partial charge in [-0.15, -0.1) is 0 Å². The standard InChI is InChI=1S/C22H20N2O4/c1-28-20-13-9-16(10-14-20)21(23-18-5-3-2-4-6-18)15-22(25)17-7-11-19(12-8-17)24(26)27/h2-14,21,23H,15H2,1H3/t21-/m1/s1. The van der Waals surface area contributed by atoms with Gasteiger partial charge >= 0.3 is 0 Å². The number of non-ortho nitro benzene ring substituents is 1. The number of ketones is 1. The lowest BCUT2D eigenvalue weighted by molar-refractivity contribution is -0.384. The van der Waals surface area contributed by atoms with Gasteiger partial charge in [0.2, 0.25) is 0 Å². The first-order chi connectivity index (χ1) is 13.6. The van der Waals surface area contributed by atoms with Gasteiger partial charge in [0.1, 0.15) is 5.75 Å². The molecule has 28 heavy (non-hydrogen) atoms. The maximum atomic E-state index is 12.8. The van der Waals surface area contributed by atoms with Crippen molar-refractivity contribution >= 4 is 17.2 Å². The Kier molecular flexibility index (Phi) is 6.01. The molecule has 0 unspecified atom stereocenters. The molecule has 1 atom stereocenters. The van der Waals surface area contributed by atoms with Gasteiger partial charge in [0.05, 0.1) is 18.1 Å². The number of carbonyl (C=O) groups excluding carboxylic acids is 1. The van der Waals surface area contributed by atoms with E-state index in [4.69, 9.17) is 4.74 Å². The van der Waals surface area contributed by atoms with E-state index >= 15 is 0 Å². The normalized spacial score (nSPS) is 11.5. The molecule has 6 nitrogen and oxygen atoms in total. The zero-order chi connectivity index (χ0) is 19.9. The molecule has 0 bridgehead atoms. The predicted molar refractivity (Wildman–Crippen MR) is 108 cm³/mol. The van der Waals surface area contributed by atoms with Crippen LogP contribution in [0, 0.1) is 10.1 Å². The van der Waals surface area contributed by atoms with E-state index < -0.39 is 4.92 Å². The van der Waals surface area contributed by atoms with Crippen molar-refractivity contribution in [3.63, 3.8) is 0 Å². The van der Waals surface area contributed by atoms with Crippen molar-refractivity contribution in [1.29, 1.82) is 0 Å². The second-order valence-corrected chi connectivity index (χ2v) is 6.27. The van der Waals surface area contributed by atoms with E-state index in [0.29, 0.717) is 5.56 Å². The van der Waals surface area contributed by atoms with Gasteiger partial charge in [0, 0.05) is 29.8 Å². The van der Waals surface area contributed by atoms with Crippen LogP contribution in [0.15, 0.2) is 78.9 Å². The van der Waals surface area contributed by atoms with E-state index in [1.807, 2.05) is 54.6 Å². The molecule has 0 aliphatic heterocycles. The highest BCUT2D eigenvalue weighted by Crippen LogP contribution is 2.26. The number of rotatable bonds is 8. The summed E-state index contributed by atoms with van der Waals surface area (Å²) >= 11 is 0. The molecular weight excluding hydrogens is 356 g/mol. The number of benzene rings is 3. The Morgan fingerprint density at radius 1 is 1.00 bits per heavy atom. The van der Waals surface area contributed by atoms with Crippen LogP contribution >= 0.6 is 0 Å². The second kappa shape index (κ2) is 8.81. The van der Waals surface area contributed by atoms with Gasteiger partial charge in [0.25, 0.3) is 5.69 Å². The maximum absolute atomic E-state index is 12.8. The Hall–Kier alpha value is -3.67. The van der Waals surface area contributed by atoms with Gasteiger partial charge in [-0.2, -0.15) is 0 Å². The highest BCUT2D eigenvalue weighted by molar-refractivity contribution is 5.96. The quantitative estimate of drug-likeness (QED) is 0.339. The molecule has 0 heterocycles. The minimum absolute atomic E-state index is 0.0364. The lowest BCUT2D eigenvalue weighted by Crippen LogP contribution is -2.16. The van der Waals surface area contributed by atoms with E-state index in [1.165, 1.54) is 24.3 Å². The summed E-state index contributed by atoms with van der Waals surface area (Å²) in [6, 6.07) is 22.6. The van der Waals surface area contributed by atoms with Crippen LogP contribution in [0.2, 0.25) is 0 Å². The van der Waals surface area contributed by atoms with E-state index in [2.05, 4.69) is 5.32 Å². The zero-order valence-corrected chi connectivity index (χ0v) is 15.4. The number of hydrogen-bond donors (Lipinski definition) is 1. The monoisotopic (exact) mass is 376 g/mol. The molecule has 3 aromatic rings. The molecule has 3 rings (SSSR count). The predicted octanol–water partition coefficient (Wildman–Crippen LogP) is 5.03. The minimum Gasteiger partial charge on any atom is -0.497 e. The molecular formula is C22H20N2O4. The number of nitrogens with zero attached hydrogens (tertiary/aromatic N) is 1. The summed E-state index contributed by atoms with van der Waals surface area (Å²) in [7, 11) is 1.60. The fourth-order valence-corrected chi connectivity index (χ4v) is 2.90. The SMILES string of the molecule is COc1ccc([C@@H](CC(=O)c2ccc([N+](=O)[O-])cc2)Nc2ccccc2)cc1. The summed E-state index contributed by atoms with van der Waals surface area (Å²) in [6.45, 7) is 0. The summed E-state index contributed by atoms with van der Waals surface area (Å²) in [5.41, 5.74) is 2.25. The number of nitro benzene ring substituents is 1. The van der Waals surface area contributed by atoms with Crippen LogP contribution < -0.4 is 10.1 Å². The summed E-state index contributed by atoms with van der Waals surface area (Å²) < 4.78 is 5.21. The fraction of sp³-hybridized carbons (Fsp3) is 0.136. The lowest BCUT2D eigenvalue weighted by atomic mass is 9.97. The van der Waals surface area contributed by atoms with Crippen molar-refractivity contribution in [2.75, 3.05) is 12.4 Å². The highest BCUT2D eigenvalue weighted by Gasteiger charge is 2.18. The minimum atomic E-state index is -0.481. The Morgan fingerprint density at radius 2 is 1.64 bits per heavy atom. The van der Waals surface area contributed by atoms with Crippen LogP contribution in [0.3, 0.4) is 0 Å². The third kappa shape index (κ3) is 4.73. The summed E-state index contributed by atoms with van der Waals surface area (Å²) in [5, 5.41) is 14.2. The van der Waals surface area contributed by atoms with E-state index in [-0.39, 0.29) is 23.9 Å². The average molecular weight is 376 g/mol. The Morgan fingerprint density at radius 3 is 2.21 bits per heavy atom. The zero-order valence-electron chi connectivity index (χ0n) is 15.4. The number of methoxy groups -OCH3 is 1.